The number of hydrogen-bond acceptors (Lipinski definition) is 2. The van der Waals surface area contributed by atoms with Crippen LogP contribution in [0.3, 0.4) is 0 Å². The van der Waals surface area contributed by atoms with Gasteiger partial charge < -0.3 is 0 Å². The third-order valence-electron chi connectivity index (χ3n) is 1.32. The molecule has 0 saturated carbocycles. The summed E-state index contributed by atoms with van der Waals surface area (Å²) in [5, 5.41) is 0. The topological polar surface area (TPSA) is 18.5 Å². The van der Waals surface area contributed by atoms with Crippen LogP contribution in [0.5, 0.6) is 0 Å². The van der Waals surface area contributed by atoms with E-state index < -0.39 is 0 Å². The quantitative estimate of drug-likeness (QED) is 0.628. The Kier molecular flexibility index (Phi) is 3.14. The second-order valence-electron chi connectivity index (χ2n) is 2.05. The van der Waals surface area contributed by atoms with E-state index in [1.165, 1.54) is 0 Å². The molecule has 0 atom stereocenters. The number of ether oxygens (including phenoxy) is 2. The van der Waals surface area contributed by atoms with Crippen molar-refractivity contribution in [1.29, 1.82) is 0 Å². The predicted molar refractivity (Wildman–Crippen MR) is 35.3 cm³/mol. The van der Waals surface area contributed by atoms with Crippen LogP contribution in [0.25, 0.3) is 0 Å². The molecule has 0 aromatic carbocycles. The molecule has 1 aliphatic rings. The van der Waals surface area contributed by atoms with Gasteiger partial charge in [-0.05, 0) is 0 Å². The Morgan fingerprint density at radius 2 is 2.60 bits per heavy atom. The van der Waals surface area contributed by atoms with Crippen LogP contribution in [-0.4, -0.2) is 18.3 Å². The Morgan fingerprint density at radius 1 is 1.80 bits per heavy atom. The zero-order valence-electron chi connectivity index (χ0n) is 5.92. The molecule has 0 unspecified atom stereocenters. The molecule has 1 heterocycles. The van der Waals surface area contributed by atoms with E-state index in [0.29, 0.717) is 0 Å². The van der Waals surface area contributed by atoms with E-state index in [1.807, 2.05) is 6.08 Å². The van der Waals surface area contributed by atoms with Gasteiger partial charge in [-0.2, -0.15) is 0 Å². The van der Waals surface area contributed by atoms with Gasteiger partial charge in [-0.3, -0.25) is 0 Å². The molecular formula is C7H10CrO2. The molecule has 0 aromatic rings. The molecule has 0 fully saturated rings. The van der Waals surface area contributed by atoms with Gasteiger partial charge in [0.1, 0.15) is 0 Å². The Bertz CT molecular complexity index is 163. The van der Waals surface area contributed by atoms with Gasteiger partial charge in [0.05, 0.1) is 0 Å². The standard InChI is InChI=1S/C7H10O2.Cr/c1-8-6-7-4-2-3-5-9-7;/h4H,2-3,5H2,1H3;. The van der Waals surface area contributed by atoms with Gasteiger partial charge in [0.25, 0.3) is 0 Å². The molecule has 56 valence electrons. The average Bonchev–Trinajstić information content (AvgIpc) is 2.05. The van der Waals surface area contributed by atoms with E-state index in [1.54, 1.807) is 7.11 Å². The fraction of sp³-hybridized carbons (Fsp3) is 0.571. The van der Waals surface area contributed by atoms with Crippen LogP contribution in [-0.2, 0) is 25.3 Å². The summed E-state index contributed by atoms with van der Waals surface area (Å²) in [7, 11) is 1.63. The molecule has 2 nitrogen and oxygen atoms in total. The molecule has 1 aliphatic heterocycles. The number of methoxy groups -OCH3 is 1. The van der Waals surface area contributed by atoms with Crippen LogP contribution < -0.4 is 0 Å². The molecule has 0 radical (unpaired) electrons. The van der Waals surface area contributed by atoms with E-state index in [-0.39, 0.29) is 0 Å². The van der Waals surface area contributed by atoms with Crippen molar-refractivity contribution in [2.75, 3.05) is 13.7 Å². The summed E-state index contributed by atoms with van der Waals surface area (Å²) in [6, 6.07) is 0. The van der Waals surface area contributed by atoms with Crippen LogP contribution >= 0.6 is 0 Å². The zero-order valence-corrected chi connectivity index (χ0v) is 7.20. The van der Waals surface area contributed by atoms with Crippen LogP contribution in [0.15, 0.2) is 11.8 Å². The Balaban J connectivity index is 2.53. The first-order valence-electron chi connectivity index (χ1n) is 3.26. The minimum absolute atomic E-state index is 0.750. The predicted octanol–water partition coefficient (Wildman–Crippen LogP) is 1.00. The first-order valence-corrected chi connectivity index (χ1v) is 3.89. The van der Waals surface area contributed by atoms with Crippen molar-refractivity contribution in [3.63, 3.8) is 0 Å². The normalized spacial score (nSPS) is 17.5. The first-order chi connectivity index (χ1) is 4.84. The maximum absolute atomic E-state index is 5.30. The van der Waals surface area contributed by atoms with Crippen molar-refractivity contribution in [1.82, 2.24) is 0 Å². The third-order valence-corrected chi connectivity index (χ3v) is 1.90. The van der Waals surface area contributed by atoms with E-state index in [9.17, 15) is 0 Å². The van der Waals surface area contributed by atoms with E-state index >= 15 is 0 Å². The van der Waals surface area contributed by atoms with Gasteiger partial charge in [0.15, 0.2) is 0 Å². The number of allylic oxidation sites excluding steroid dienone is 1. The summed E-state index contributed by atoms with van der Waals surface area (Å²) in [6.45, 7) is 0.806. The minimum atomic E-state index is 0.750. The summed E-state index contributed by atoms with van der Waals surface area (Å²) in [4.78, 5) is 0. The molecule has 0 aliphatic carbocycles. The monoisotopic (exact) mass is 178 g/mol. The molecule has 3 heteroatoms. The second-order valence-corrected chi connectivity index (χ2v) is 2.63. The van der Waals surface area contributed by atoms with E-state index in [4.69, 9.17) is 9.47 Å². The van der Waals surface area contributed by atoms with Crippen LogP contribution in [0, 0.1) is 0 Å². The Morgan fingerprint density at radius 3 is 3.10 bits per heavy atom. The fourth-order valence-electron chi connectivity index (χ4n) is 0.800. The van der Waals surface area contributed by atoms with E-state index in [2.05, 4.69) is 15.9 Å². The molecule has 0 N–H and O–H groups in total. The molecule has 1 rings (SSSR count). The SMILES string of the molecule is CO[C](=[Cr])C1=CCCCO1. The summed E-state index contributed by atoms with van der Waals surface area (Å²) in [6.07, 6.45) is 4.24. The maximum atomic E-state index is 5.30. The van der Waals surface area contributed by atoms with Gasteiger partial charge in [0.2, 0.25) is 0 Å². The van der Waals surface area contributed by atoms with Crippen LogP contribution in [0.1, 0.15) is 12.8 Å². The van der Waals surface area contributed by atoms with Crippen molar-refractivity contribution >= 4 is 4.57 Å². The number of rotatable bonds is 2. The van der Waals surface area contributed by atoms with Gasteiger partial charge in [-0.1, -0.05) is 0 Å². The summed E-state index contributed by atoms with van der Waals surface area (Å²) in [5.41, 5.74) is 0. The van der Waals surface area contributed by atoms with Crippen molar-refractivity contribution in [3.8, 4) is 0 Å². The summed E-state index contributed by atoms with van der Waals surface area (Å²) in [5.74, 6) is 0.855. The van der Waals surface area contributed by atoms with Crippen molar-refractivity contribution in [3.05, 3.63) is 11.8 Å². The average molecular weight is 178 g/mol. The van der Waals surface area contributed by atoms with Gasteiger partial charge in [0, 0.05) is 0 Å². The molecule has 0 saturated heterocycles. The molecule has 0 amide bonds. The molecule has 10 heavy (non-hydrogen) atoms. The van der Waals surface area contributed by atoms with Gasteiger partial charge in [-0.25, -0.2) is 0 Å². The molecule has 0 bridgehead atoms. The van der Waals surface area contributed by atoms with Crippen molar-refractivity contribution in [2.24, 2.45) is 0 Å². The Labute approximate surface area is 68.8 Å². The molecular weight excluding hydrogens is 168 g/mol. The molecule has 0 spiro atoms. The number of hydrogen-bond donors (Lipinski definition) is 0. The third kappa shape index (κ3) is 1.95. The summed E-state index contributed by atoms with van der Waals surface area (Å²) < 4.78 is 11.0. The van der Waals surface area contributed by atoms with Gasteiger partial charge in [-0.15, -0.1) is 0 Å². The second kappa shape index (κ2) is 3.92. The van der Waals surface area contributed by atoms with Crippen LogP contribution in [0.4, 0.5) is 0 Å². The fourth-order valence-corrected chi connectivity index (χ4v) is 1.02. The van der Waals surface area contributed by atoms with Crippen LogP contribution in [0.2, 0.25) is 0 Å². The molecule has 0 aromatic heterocycles. The van der Waals surface area contributed by atoms with Crippen molar-refractivity contribution < 1.29 is 25.3 Å². The van der Waals surface area contributed by atoms with Gasteiger partial charge >= 0.3 is 68.3 Å². The first kappa shape index (κ1) is 8.00. The van der Waals surface area contributed by atoms with E-state index in [0.717, 1.165) is 29.8 Å². The Hall–Kier alpha value is -0.0975. The zero-order chi connectivity index (χ0) is 7.40. The summed E-state index contributed by atoms with van der Waals surface area (Å²) >= 11 is 2.80. The van der Waals surface area contributed by atoms with Crippen molar-refractivity contribution in [2.45, 2.75) is 12.8 Å².